The number of methoxy groups -OCH3 is 1. The van der Waals surface area contributed by atoms with Gasteiger partial charge in [-0.1, -0.05) is 11.6 Å². The summed E-state index contributed by atoms with van der Waals surface area (Å²) in [6.07, 6.45) is 2.00. The van der Waals surface area contributed by atoms with Crippen LogP contribution in [-0.2, 0) is 11.2 Å². The largest absolute Gasteiger partial charge is 0.496 e. The van der Waals surface area contributed by atoms with Crippen LogP contribution in [0.1, 0.15) is 12.0 Å². The Morgan fingerprint density at radius 1 is 1.50 bits per heavy atom. The molecule has 1 unspecified atom stereocenters. The highest BCUT2D eigenvalue weighted by molar-refractivity contribution is 6.30. The molecular weight excluding hydrogens is 250 g/mol. The van der Waals surface area contributed by atoms with E-state index in [4.69, 9.17) is 21.1 Å². The Morgan fingerprint density at radius 3 is 2.94 bits per heavy atom. The zero-order valence-electron chi connectivity index (χ0n) is 11.0. The molecule has 18 heavy (non-hydrogen) atoms. The van der Waals surface area contributed by atoms with Crippen molar-refractivity contribution >= 4 is 11.6 Å². The van der Waals surface area contributed by atoms with Crippen molar-refractivity contribution in [3.63, 3.8) is 0 Å². The zero-order valence-corrected chi connectivity index (χ0v) is 11.7. The highest BCUT2D eigenvalue weighted by Crippen LogP contribution is 2.35. The molecule has 4 heteroatoms. The van der Waals surface area contributed by atoms with Crippen molar-refractivity contribution < 1.29 is 9.47 Å². The Balaban J connectivity index is 2.23. The maximum absolute atomic E-state index is 6.08. The van der Waals surface area contributed by atoms with E-state index in [1.165, 1.54) is 0 Å². The van der Waals surface area contributed by atoms with Crippen molar-refractivity contribution in [1.29, 1.82) is 0 Å². The molecule has 2 rings (SSSR count). The van der Waals surface area contributed by atoms with E-state index < -0.39 is 0 Å². The molecule has 0 saturated carbocycles. The number of hydrogen-bond acceptors (Lipinski definition) is 3. The number of ether oxygens (including phenoxy) is 2. The fourth-order valence-electron chi connectivity index (χ4n) is 2.66. The van der Waals surface area contributed by atoms with Gasteiger partial charge in [0.05, 0.1) is 13.7 Å². The summed E-state index contributed by atoms with van der Waals surface area (Å²) in [6.45, 7) is 2.58. The Hall–Kier alpha value is -0.770. The second-order valence-corrected chi connectivity index (χ2v) is 5.40. The fourth-order valence-corrected chi connectivity index (χ4v) is 2.85. The molecule has 1 aliphatic heterocycles. The monoisotopic (exact) mass is 269 g/mol. The summed E-state index contributed by atoms with van der Waals surface area (Å²) < 4.78 is 11.0. The fraction of sp³-hybridized carbons (Fsp3) is 0.571. The van der Waals surface area contributed by atoms with Crippen LogP contribution in [0.15, 0.2) is 18.2 Å². The van der Waals surface area contributed by atoms with Crippen molar-refractivity contribution in [1.82, 2.24) is 5.32 Å². The van der Waals surface area contributed by atoms with Crippen LogP contribution in [0.4, 0.5) is 0 Å². The molecule has 0 bridgehead atoms. The standard InChI is InChI=1S/C14H20ClNO2/c1-16-9-14(5-6-18-10-14)8-11-7-12(15)3-4-13(11)17-2/h3-4,7,16H,5-6,8-10H2,1-2H3. The van der Waals surface area contributed by atoms with Crippen molar-refractivity contribution in [2.75, 3.05) is 33.9 Å². The van der Waals surface area contributed by atoms with Gasteiger partial charge in [-0.05, 0) is 43.7 Å². The van der Waals surface area contributed by atoms with Gasteiger partial charge in [0.25, 0.3) is 0 Å². The van der Waals surface area contributed by atoms with Gasteiger partial charge in [0.15, 0.2) is 0 Å². The third-order valence-electron chi connectivity index (χ3n) is 3.54. The van der Waals surface area contributed by atoms with Gasteiger partial charge in [0, 0.05) is 23.6 Å². The summed E-state index contributed by atoms with van der Waals surface area (Å²) in [5, 5.41) is 4.02. The molecule has 0 aromatic heterocycles. The van der Waals surface area contributed by atoms with Gasteiger partial charge in [0.1, 0.15) is 5.75 Å². The van der Waals surface area contributed by atoms with E-state index in [0.29, 0.717) is 0 Å². The molecule has 100 valence electrons. The van der Waals surface area contributed by atoms with Gasteiger partial charge in [-0.25, -0.2) is 0 Å². The predicted molar refractivity (Wildman–Crippen MR) is 73.5 cm³/mol. The molecule has 1 N–H and O–H groups in total. The topological polar surface area (TPSA) is 30.5 Å². The molecule has 1 fully saturated rings. The summed E-state index contributed by atoms with van der Waals surface area (Å²) in [7, 11) is 3.68. The quantitative estimate of drug-likeness (QED) is 0.891. The van der Waals surface area contributed by atoms with Gasteiger partial charge in [-0.3, -0.25) is 0 Å². The average Bonchev–Trinajstić information content (AvgIpc) is 2.78. The zero-order chi connectivity index (χ0) is 13.0. The highest BCUT2D eigenvalue weighted by Gasteiger charge is 2.35. The smallest absolute Gasteiger partial charge is 0.122 e. The highest BCUT2D eigenvalue weighted by atomic mass is 35.5. The Morgan fingerprint density at radius 2 is 2.33 bits per heavy atom. The lowest BCUT2D eigenvalue weighted by Gasteiger charge is -2.28. The van der Waals surface area contributed by atoms with Gasteiger partial charge >= 0.3 is 0 Å². The van der Waals surface area contributed by atoms with Crippen LogP contribution in [0.2, 0.25) is 5.02 Å². The maximum Gasteiger partial charge on any atom is 0.122 e. The Kier molecular flexibility index (Phi) is 4.49. The molecular formula is C14H20ClNO2. The SMILES string of the molecule is CNCC1(Cc2cc(Cl)ccc2OC)CCOC1. The van der Waals surface area contributed by atoms with E-state index in [1.54, 1.807) is 7.11 Å². The van der Waals surface area contributed by atoms with Crippen LogP contribution in [0.5, 0.6) is 5.75 Å². The Bertz CT molecular complexity index is 403. The van der Waals surface area contributed by atoms with Crippen LogP contribution in [0, 0.1) is 5.41 Å². The van der Waals surface area contributed by atoms with Crippen molar-refractivity contribution in [2.24, 2.45) is 5.41 Å². The van der Waals surface area contributed by atoms with E-state index >= 15 is 0 Å². The first kappa shape index (κ1) is 13.7. The average molecular weight is 270 g/mol. The number of benzene rings is 1. The molecule has 1 atom stereocenters. The van der Waals surface area contributed by atoms with Gasteiger partial charge in [0.2, 0.25) is 0 Å². The van der Waals surface area contributed by atoms with E-state index in [9.17, 15) is 0 Å². The summed E-state index contributed by atoms with van der Waals surface area (Å²) in [5.74, 6) is 0.904. The molecule has 1 aliphatic rings. The normalized spacial score (nSPS) is 23.3. The number of nitrogens with one attached hydrogen (secondary N) is 1. The number of halogens is 1. The first-order valence-corrected chi connectivity index (χ1v) is 6.62. The van der Waals surface area contributed by atoms with E-state index in [2.05, 4.69) is 5.32 Å². The minimum Gasteiger partial charge on any atom is -0.496 e. The van der Waals surface area contributed by atoms with Gasteiger partial charge < -0.3 is 14.8 Å². The Labute approximate surface area is 113 Å². The molecule has 3 nitrogen and oxygen atoms in total. The summed E-state index contributed by atoms with van der Waals surface area (Å²) in [4.78, 5) is 0. The van der Waals surface area contributed by atoms with Crippen LogP contribution in [-0.4, -0.2) is 33.9 Å². The third-order valence-corrected chi connectivity index (χ3v) is 3.78. The molecule has 1 aromatic rings. The van der Waals surface area contributed by atoms with Crippen LogP contribution in [0.25, 0.3) is 0 Å². The second-order valence-electron chi connectivity index (χ2n) is 4.97. The first-order chi connectivity index (χ1) is 8.69. The van der Waals surface area contributed by atoms with Gasteiger partial charge in [-0.2, -0.15) is 0 Å². The van der Waals surface area contributed by atoms with E-state index in [-0.39, 0.29) is 5.41 Å². The minimum absolute atomic E-state index is 0.159. The molecule has 0 radical (unpaired) electrons. The predicted octanol–water partition coefficient (Wildman–Crippen LogP) is 2.52. The summed E-state index contributed by atoms with van der Waals surface area (Å²) in [5.41, 5.74) is 1.32. The van der Waals surface area contributed by atoms with E-state index in [0.717, 1.165) is 48.9 Å². The molecule has 0 spiro atoms. The van der Waals surface area contributed by atoms with Crippen LogP contribution >= 0.6 is 11.6 Å². The number of hydrogen-bond donors (Lipinski definition) is 1. The molecule has 1 saturated heterocycles. The van der Waals surface area contributed by atoms with Crippen LogP contribution < -0.4 is 10.1 Å². The summed E-state index contributed by atoms with van der Waals surface area (Å²) in [6, 6.07) is 5.79. The molecule has 0 amide bonds. The third kappa shape index (κ3) is 2.97. The minimum atomic E-state index is 0.159. The molecule has 1 heterocycles. The lowest BCUT2D eigenvalue weighted by Crippen LogP contribution is -2.35. The summed E-state index contributed by atoms with van der Waals surface area (Å²) >= 11 is 6.08. The first-order valence-electron chi connectivity index (χ1n) is 6.24. The van der Waals surface area contributed by atoms with Crippen molar-refractivity contribution in [3.8, 4) is 5.75 Å². The maximum atomic E-state index is 6.08. The van der Waals surface area contributed by atoms with Gasteiger partial charge in [-0.15, -0.1) is 0 Å². The van der Waals surface area contributed by atoms with Crippen LogP contribution in [0.3, 0.4) is 0 Å². The lowest BCUT2D eigenvalue weighted by atomic mass is 9.80. The number of rotatable bonds is 5. The van der Waals surface area contributed by atoms with E-state index in [1.807, 2.05) is 25.2 Å². The second kappa shape index (κ2) is 5.91. The molecule has 1 aromatic carbocycles. The lowest BCUT2D eigenvalue weighted by molar-refractivity contribution is 0.150. The van der Waals surface area contributed by atoms with Crippen molar-refractivity contribution in [2.45, 2.75) is 12.8 Å². The molecule has 0 aliphatic carbocycles. The van der Waals surface area contributed by atoms with Crippen molar-refractivity contribution in [3.05, 3.63) is 28.8 Å².